The van der Waals surface area contributed by atoms with Gasteiger partial charge in [0, 0.05) is 5.97 Å². The van der Waals surface area contributed by atoms with Gasteiger partial charge in [-0.2, -0.15) is 0 Å². The van der Waals surface area contributed by atoms with Gasteiger partial charge in [0.25, 0.3) is 0 Å². The van der Waals surface area contributed by atoms with Crippen LogP contribution in [0.2, 0.25) is 0 Å². The molecule has 0 aliphatic heterocycles. The van der Waals surface area contributed by atoms with Crippen LogP contribution in [0.3, 0.4) is 0 Å². The molecule has 0 bridgehead atoms. The monoisotopic (exact) mass is 175 g/mol. The number of nitrogens with zero attached hydrogens (tertiary/aromatic N) is 1. The predicted octanol–water partition coefficient (Wildman–Crippen LogP) is -1.42. The number of carboxylic acid groups (broad SMARTS) is 1. The molecule has 4 nitrogen and oxygen atoms in total. The summed E-state index contributed by atoms with van der Waals surface area (Å²) in [6, 6.07) is 0. The van der Waals surface area contributed by atoms with Crippen LogP contribution in [0.25, 0.3) is 0 Å². The van der Waals surface area contributed by atoms with Gasteiger partial charge in [0.05, 0.1) is 21.1 Å². The maximum atomic E-state index is 10.0. The predicted molar refractivity (Wildman–Crippen MR) is 43.1 cm³/mol. The van der Waals surface area contributed by atoms with E-state index in [1.54, 1.807) is 0 Å². The number of rotatable bonds is 5. The molecule has 0 aromatic rings. The Labute approximate surface area is 73.0 Å². The first-order chi connectivity index (χ1) is 5.31. The minimum Gasteiger partial charge on any atom is -0.550 e. The summed E-state index contributed by atoms with van der Waals surface area (Å²) < 4.78 is 0.633. The number of carbonyl (C=O) groups excluding carboxylic acids is 1. The molecule has 0 rings (SSSR count). The number of carboxylic acids is 1. The highest BCUT2D eigenvalue weighted by atomic mass is 16.4. The van der Waals surface area contributed by atoms with Gasteiger partial charge in [0.1, 0.15) is 12.6 Å². The summed E-state index contributed by atoms with van der Waals surface area (Å²) in [4.78, 5) is 10.0. The fraction of sp³-hybridized carbons (Fsp3) is 0.875. The molecule has 0 aliphatic carbocycles. The third-order valence-electron chi connectivity index (χ3n) is 1.44. The van der Waals surface area contributed by atoms with E-state index in [1.807, 2.05) is 21.1 Å². The minimum absolute atomic E-state index is 0.0683. The van der Waals surface area contributed by atoms with E-state index < -0.39 is 12.1 Å². The Morgan fingerprint density at radius 2 is 2.00 bits per heavy atom. The smallest absolute Gasteiger partial charge is 0.104 e. The molecule has 0 fully saturated rings. The minimum atomic E-state index is -1.10. The first-order valence-corrected chi connectivity index (χ1v) is 3.99. The lowest BCUT2D eigenvalue weighted by Crippen LogP contribution is -2.41. The number of aliphatic hydroxyl groups is 1. The van der Waals surface area contributed by atoms with Crippen molar-refractivity contribution in [2.24, 2.45) is 0 Å². The zero-order chi connectivity index (χ0) is 9.78. The number of carbonyl (C=O) groups is 1. The lowest BCUT2D eigenvalue weighted by atomic mass is 10.2. The second-order valence-electron chi connectivity index (χ2n) is 4.04. The number of hydrogen-bond acceptors (Lipinski definition) is 3. The SMILES string of the molecule is C[N+](C)(C)CC(O)CCC(=O)[O-]. The molecule has 0 radical (unpaired) electrons. The van der Waals surface area contributed by atoms with E-state index in [9.17, 15) is 15.0 Å². The van der Waals surface area contributed by atoms with E-state index in [4.69, 9.17) is 0 Å². The number of aliphatic carboxylic acids is 1. The molecule has 0 amide bonds. The van der Waals surface area contributed by atoms with Crippen LogP contribution < -0.4 is 5.11 Å². The van der Waals surface area contributed by atoms with Crippen LogP contribution in [0.15, 0.2) is 0 Å². The average Bonchev–Trinajstić information content (AvgIpc) is 1.79. The van der Waals surface area contributed by atoms with E-state index in [0.29, 0.717) is 11.0 Å². The molecule has 0 aromatic heterocycles. The molecular formula is C8H17NO3. The molecule has 0 heterocycles. The van der Waals surface area contributed by atoms with Crippen LogP contribution in [0.5, 0.6) is 0 Å². The van der Waals surface area contributed by atoms with Crippen molar-refractivity contribution in [3.8, 4) is 0 Å². The quantitative estimate of drug-likeness (QED) is 0.522. The van der Waals surface area contributed by atoms with Gasteiger partial charge in [-0.25, -0.2) is 0 Å². The Bertz CT molecular complexity index is 151. The fourth-order valence-electron chi connectivity index (χ4n) is 1.01. The van der Waals surface area contributed by atoms with Crippen molar-refractivity contribution in [1.29, 1.82) is 0 Å². The zero-order valence-electron chi connectivity index (χ0n) is 7.91. The third kappa shape index (κ3) is 7.50. The van der Waals surface area contributed by atoms with Crippen LogP contribution in [0, 0.1) is 0 Å². The summed E-state index contributed by atoms with van der Waals surface area (Å²) >= 11 is 0. The fourth-order valence-corrected chi connectivity index (χ4v) is 1.01. The molecule has 1 unspecified atom stereocenters. The van der Waals surface area contributed by atoms with Gasteiger partial charge in [0.2, 0.25) is 0 Å². The molecule has 4 heteroatoms. The summed E-state index contributed by atoms with van der Waals surface area (Å²) in [5.41, 5.74) is 0. The van der Waals surface area contributed by atoms with Crippen LogP contribution >= 0.6 is 0 Å². The Kier molecular flexibility index (Phi) is 4.20. The normalized spacial score (nSPS) is 14.3. The Morgan fingerprint density at radius 3 is 2.33 bits per heavy atom. The van der Waals surface area contributed by atoms with E-state index in [1.165, 1.54) is 0 Å². The van der Waals surface area contributed by atoms with Crippen LogP contribution in [-0.2, 0) is 4.79 Å². The highest BCUT2D eigenvalue weighted by molar-refractivity contribution is 5.64. The first kappa shape index (κ1) is 11.4. The largest absolute Gasteiger partial charge is 0.550 e. The number of aliphatic hydroxyl groups excluding tert-OH is 1. The zero-order valence-corrected chi connectivity index (χ0v) is 7.91. The van der Waals surface area contributed by atoms with Crippen molar-refractivity contribution in [1.82, 2.24) is 0 Å². The molecule has 0 aromatic carbocycles. The third-order valence-corrected chi connectivity index (χ3v) is 1.44. The van der Waals surface area contributed by atoms with Crippen molar-refractivity contribution in [2.75, 3.05) is 27.7 Å². The molecule has 12 heavy (non-hydrogen) atoms. The van der Waals surface area contributed by atoms with Crippen molar-refractivity contribution in [3.63, 3.8) is 0 Å². The Morgan fingerprint density at radius 1 is 1.50 bits per heavy atom. The number of hydrogen-bond donors (Lipinski definition) is 1. The Hall–Kier alpha value is -0.610. The topological polar surface area (TPSA) is 60.4 Å². The molecular weight excluding hydrogens is 158 g/mol. The summed E-state index contributed by atoms with van der Waals surface area (Å²) in [6.45, 7) is 0.563. The van der Waals surface area contributed by atoms with Gasteiger partial charge < -0.3 is 19.5 Å². The molecule has 72 valence electrons. The van der Waals surface area contributed by atoms with Gasteiger partial charge in [-0.1, -0.05) is 0 Å². The highest BCUT2D eigenvalue weighted by Gasteiger charge is 2.14. The molecule has 0 saturated heterocycles. The van der Waals surface area contributed by atoms with E-state index in [0.717, 1.165) is 0 Å². The maximum absolute atomic E-state index is 10.0. The standard InChI is InChI=1S/C8H17NO3/c1-9(2,3)6-7(10)4-5-8(11)12/h7,10H,4-6H2,1-3H3. The van der Waals surface area contributed by atoms with Crippen LogP contribution in [0.1, 0.15) is 12.8 Å². The highest BCUT2D eigenvalue weighted by Crippen LogP contribution is 2.01. The molecule has 0 aliphatic rings. The number of likely N-dealkylation sites (N-methyl/N-ethyl adjacent to an activating group) is 1. The average molecular weight is 175 g/mol. The lowest BCUT2D eigenvalue weighted by molar-refractivity contribution is -0.873. The summed E-state index contributed by atoms with van der Waals surface area (Å²) in [5, 5.41) is 19.4. The summed E-state index contributed by atoms with van der Waals surface area (Å²) in [5.74, 6) is -1.10. The van der Waals surface area contributed by atoms with Crippen molar-refractivity contribution in [2.45, 2.75) is 18.9 Å². The van der Waals surface area contributed by atoms with E-state index in [-0.39, 0.29) is 12.8 Å². The molecule has 0 spiro atoms. The van der Waals surface area contributed by atoms with Gasteiger partial charge >= 0.3 is 0 Å². The lowest BCUT2D eigenvalue weighted by Gasteiger charge is -2.26. The van der Waals surface area contributed by atoms with E-state index in [2.05, 4.69) is 0 Å². The van der Waals surface area contributed by atoms with Gasteiger partial charge in [-0.3, -0.25) is 0 Å². The molecule has 1 N–H and O–H groups in total. The van der Waals surface area contributed by atoms with Crippen molar-refractivity contribution < 1.29 is 19.5 Å². The molecule has 0 saturated carbocycles. The van der Waals surface area contributed by atoms with Crippen molar-refractivity contribution >= 4 is 5.97 Å². The first-order valence-electron chi connectivity index (χ1n) is 3.99. The van der Waals surface area contributed by atoms with Crippen molar-refractivity contribution in [3.05, 3.63) is 0 Å². The van der Waals surface area contributed by atoms with Gasteiger partial charge in [0.15, 0.2) is 0 Å². The number of quaternary nitrogens is 1. The second kappa shape index (κ2) is 4.42. The Balaban J connectivity index is 3.60. The molecule has 1 atom stereocenters. The van der Waals surface area contributed by atoms with Gasteiger partial charge in [-0.05, 0) is 12.8 Å². The van der Waals surface area contributed by atoms with Crippen LogP contribution in [-0.4, -0.2) is 49.4 Å². The summed E-state index contributed by atoms with van der Waals surface area (Å²) in [7, 11) is 5.84. The maximum Gasteiger partial charge on any atom is 0.104 e. The second-order valence-corrected chi connectivity index (χ2v) is 4.04. The summed E-state index contributed by atoms with van der Waals surface area (Å²) in [6.07, 6.45) is -0.346. The van der Waals surface area contributed by atoms with Gasteiger partial charge in [-0.15, -0.1) is 0 Å². The van der Waals surface area contributed by atoms with E-state index >= 15 is 0 Å². The van der Waals surface area contributed by atoms with Crippen LogP contribution in [0.4, 0.5) is 0 Å².